The highest BCUT2D eigenvalue weighted by Gasteiger charge is 2.04. The van der Waals surface area contributed by atoms with Crippen LogP contribution < -0.4 is 0 Å². The molecular formula is C9H10N3. The number of benzene rings is 1. The molecule has 1 aromatic rings. The lowest BCUT2D eigenvalue weighted by molar-refractivity contribution is 0.829. The third kappa shape index (κ3) is 2.01. The molecule has 0 aliphatic carbocycles. The molecule has 3 nitrogen and oxygen atoms in total. The van der Waals surface area contributed by atoms with Crippen LogP contribution in [0.15, 0.2) is 35.4 Å². The molecule has 0 saturated heterocycles. The number of azide groups is 1. The van der Waals surface area contributed by atoms with Crippen molar-refractivity contribution in [3.8, 4) is 0 Å². The molecule has 1 aromatic carbocycles. The van der Waals surface area contributed by atoms with Crippen LogP contribution in [-0.4, -0.2) is 0 Å². The van der Waals surface area contributed by atoms with E-state index in [1.165, 1.54) is 0 Å². The summed E-state index contributed by atoms with van der Waals surface area (Å²) in [6.45, 7) is 1.88. The second kappa shape index (κ2) is 4.42. The van der Waals surface area contributed by atoms with Gasteiger partial charge in [0.1, 0.15) is 0 Å². The maximum Gasteiger partial charge on any atom is 0.0653 e. The zero-order valence-corrected chi connectivity index (χ0v) is 6.88. The highest BCUT2D eigenvalue weighted by Crippen LogP contribution is 2.19. The Balaban J connectivity index is 2.87. The van der Waals surface area contributed by atoms with Gasteiger partial charge in [-0.25, -0.2) is 0 Å². The highest BCUT2D eigenvalue weighted by atomic mass is 15.1. The minimum absolute atomic E-state index is 0.142. The van der Waals surface area contributed by atoms with Crippen LogP contribution in [0.25, 0.3) is 10.4 Å². The van der Waals surface area contributed by atoms with Gasteiger partial charge in [-0.15, -0.1) is 0 Å². The molecule has 1 atom stereocenters. The fraction of sp³-hybridized carbons (Fsp3) is 0.222. The van der Waals surface area contributed by atoms with E-state index in [9.17, 15) is 0 Å². The van der Waals surface area contributed by atoms with Crippen LogP contribution in [0.3, 0.4) is 0 Å². The van der Waals surface area contributed by atoms with E-state index >= 15 is 0 Å². The third-order valence-corrected chi connectivity index (χ3v) is 1.63. The zero-order chi connectivity index (χ0) is 8.81. The van der Waals surface area contributed by atoms with Crippen LogP contribution in [-0.2, 0) is 0 Å². The van der Waals surface area contributed by atoms with Gasteiger partial charge in [-0.05, 0) is 17.5 Å². The number of hydrogen-bond acceptors (Lipinski definition) is 1. The average molecular weight is 160 g/mol. The Labute approximate surface area is 71.7 Å². The van der Waals surface area contributed by atoms with E-state index in [1.807, 2.05) is 43.7 Å². The molecule has 12 heavy (non-hydrogen) atoms. The fourth-order valence-electron chi connectivity index (χ4n) is 1.03. The van der Waals surface area contributed by atoms with Gasteiger partial charge in [0.25, 0.3) is 0 Å². The maximum atomic E-state index is 8.27. The van der Waals surface area contributed by atoms with E-state index in [1.54, 1.807) is 0 Å². The summed E-state index contributed by atoms with van der Waals surface area (Å²) in [6.07, 6.45) is 1.87. The Morgan fingerprint density at radius 1 is 1.42 bits per heavy atom. The number of hydrogen-bond donors (Lipinski definition) is 0. The Morgan fingerprint density at radius 2 is 2.08 bits per heavy atom. The second-order valence-corrected chi connectivity index (χ2v) is 2.39. The predicted molar refractivity (Wildman–Crippen MR) is 48.3 cm³/mol. The summed E-state index contributed by atoms with van der Waals surface area (Å²) in [7, 11) is 0. The van der Waals surface area contributed by atoms with E-state index in [0.29, 0.717) is 0 Å². The molecule has 0 aliphatic heterocycles. The first-order valence-electron chi connectivity index (χ1n) is 3.77. The first-order chi connectivity index (χ1) is 5.88. The van der Waals surface area contributed by atoms with Crippen molar-refractivity contribution in [3.63, 3.8) is 0 Å². The van der Waals surface area contributed by atoms with Crippen molar-refractivity contribution in [3.05, 3.63) is 52.8 Å². The molecule has 61 valence electrons. The Bertz CT molecular complexity index is 275. The number of rotatable bonds is 3. The molecule has 0 heterocycles. The Morgan fingerprint density at radius 3 is 2.58 bits per heavy atom. The molecule has 1 radical (unpaired) electrons. The van der Waals surface area contributed by atoms with Crippen LogP contribution in [0.1, 0.15) is 18.5 Å². The summed E-state index contributed by atoms with van der Waals surface area (Å²) < 4.78 is 0. The van der Waals surface area contributed by atoms with Crippen LogP contribution in [0.4, 0.5) is 0 Å². The lowest BCUT2D eigenvalue weighted by Gasteiger charge is -2.06. The SMILES string of the molecule is C[CH][C@H](N=[N+]=[N-])c1ccccc1. The first kappa shape index (κ1) is 8.62. The van der Waals surface area contributed by atoms with E-state index < -0.39 is 0 Å². The van der Waals surface area contributed by atoms with Gasteiger partial charge >= 0.3 is 0 Å². The van der Waals surface area contributed by atoms with Gasteiger partial charge in [-0.1, -0.05) is 42.4 Å². The highest BCUT2D eigenvalue weighted by molar-refractivity contribution is 5.21. The van der Waals surface area contributed by atoms with Crippen molar-refractivity contribution in [1.82, 2.24) is 0 Å². The summed E-state index contributed by atoms with van der Waals surface area (Å²) in [4.78, 5) is 2.78. The Hall–Kier alpha value is -1.47. The molecule has 0 aliphatic rings. The lowest BCUT2D eigenvalue weighted by Crippen LogP contribution is -1.91. The largest absolute Gasteiger partial charge is 0.0856 e. The van der Waals surface area contributed by atoms with Gasteiger partial charge in [0.2, 0.25) is 0 Å². The van der Waals surface area contributed by atoms with Crippen molar-refractivity contribution < 1.29 is 0 Å². The van der Waals surface area contributed by atoms with E-state index in [-0.39, 0.29) is 6.04 Å². The molecule has 0 N–H and O–H groups in total. The fourth-order valence-corrected chi connectivity index (χ4v) is 1.03. The maximum absolute atomic E-state index is 8.27. The van der Waals surface area contributed by atoms with Crippen LogP contribution in [0.5, 0.6) is 0 Å². The molecule has 0 amide bonds. The minimum atomic E-state index is -0.142. The van der Waals surface area contributed by atoms with Gasteiger partial charge < -0.3 is 0 Å². The monoisotopic (exact) mass is 160 g/mol. The molecule has 0 spiro atoms. The molecular weight excluding hydrogens is 150 g/mol. The van der Waals surface area contributed by atoms with Crippen molar-refractivity contribution in [2.45, 2.75) is 13.0 Å². The first-order valence-corrected chi connectivity index (χ1v) is 3.77. The van der Waals surface area contributed by atoms with Crippen molar-refractivity contribution in [1.29, 1.82) is 0 Å². The molecule has 0 saturated carbocycles. The van der Waals surface area contributed by atoms with Gasteiger partial charge in [0.05, 0.1) is 6.04 Å². The van der Waals surface area contributed by atoms with Crippen molar-refractivity contribution in [2.24, 2.45) is 5.11 Å². The van der Waals surface area contributed by atoms with Gasteiger partial charge in [-0.3, -0.25) is 0 Å². The van der Waals surface area contributed by atoms with E-state index in [2.05, 4.69) is 10.0 Å². The van der Waals surface area contributed by atoms with Crippen LogP contribution in [0, 0.1) is 6.42 Å². The van der Waals surface area contributed by atoms with Crippen LogP contribution >= 0.6 is 0 Å². The van der Waals surface area contributed by atoms with Gasteiger partial charge in [-0.2, -0.15) is 0 Å². The van der Waals surface area contributed by atoms with E-state index in [0.717, 1.165) is 5.56 Å². The van der Waals surface area contributed by atoms with E-state index in [4.69, 9.17) is 5.53 Å². The van der Waals surface area contributed by atoms with Crippen molar-refractivity contribution >= 4 is 0 Å². The molecule has 0 fully saturated rings. The predicted octanol–water partition coefficient (Wildman–Crippen LogP) is 3.26. The molecule has 0 unspecified atom stereocenters. The average Bonchev–Trinajstić information content (AvgIpc) is 2.15. The van der Waals surface area contributed by atoms with Gasteiger partial charge in [0.15, 0.2) is 0 Å². The lowest BCUT2D eigenvalue weighted by atomic mass is 10.1. The van der Waals surface area contributed by atoms with Crippen LogP contribution in [0.2, 0.25) is 0 Å². The summed E-state index contributed by atoms with van der Waals surface area (Å²) >= 11 is 0. The second-order valence-electron chi connectivity index (χ2n) is 2.39. The summed E-state index contributed by atoms with van der Waals surface area (Å²) in [5.41, 5.74) is 9.29. The summed E-state index contributed by atoms with van der Waals surface area (Å²) in [5.74, 6) is 0. The summed E-state index contributed by atoms with van der Waals surface area (Å²) in [6, 6.07) is 9.54. The molecule has 1 rings (SSSR count). The molecule has 0 bridgehead atoms. The third-order valence-electron chi connectivity index (χ3n) is 1.63. The zero-order valence-electron chi connectivity index (χ0n) is 6.88. The number of nitrogens with zero attached hydrogens (tertiary/aromatic N) is 3. The normalized spacial score (nSPS) is 11.8. The minimum Gasteiger partial charge on any atom is -0.0856 e. The quantitative estimate of drug-likeness (QED) is 0.370. The Kier molecular flexibility index (Phi) is 3.17. The molecule has 3 heteroatoms. The topological polar surface area (TPSA) is 48.8 Å². The smallest absolute Gasteiger partial charge is 0.0653 e. The molecule has 0 aromatic heterocycles. The standard InChI is InChI=1S/C9H10N3/c1-2-9(11-12-10)8-6-4-3-5-7-8/h2-7,9H,1H3/t9-/m0/s1. The van der Waals surface area contributed by atoms with Gasteiger partial charge in [0, 0.05) is 4.91 Å². The summed E-state index contributed by atoms with van der Waals surface area (Å²) in [5, 5.41) is 3.64. The van der Waals surface area contributed by atoms with Crippen molar-refractivity contribution in [2.75, 3.05) is 0 Å².